The maximum Gasteiger partial charge on any atom is 0.279 e. The largest absolute Gasteiger partial charge is 0.436 e. The van der Waals surface area contributed by atoms with Crippen molar-refractivity contribution in [3.8, 4) is 17.3 Å². The molecule has 6 rings (SSSR count). The number of ketones is 1. The summed E-state index contributed by atoms with van der Waals surface area (Å²) in [6.45, 7) is 1.73. The molecular formula is C29H20F3N7O4S. The van der Waals surface area contributed by atoms with Crippen LogP contribution in [0.15, 0.2) is 84.1 Å². The van der Waals surface area contributed by atoms with E-state index < -0.39 is 44.1 Å². The fourth-order valence-electron chi connectivity index (χ4n) is 4.40. The summed E-state index contributed by atoms with van der Waals surface area (Å²) in [5.41, 5.74) is 7.19. The van der Waals surface area contributed by atoms with Gasteiger partial charge in [0, 0.05) is 17.0 Å². The van der Waals surface area contributed by atoms with Crippen LogP contribution in [0.1, 0.15) is 21.6 Å². The monoisotopic (exact) mass is 619 g/mol. The van der Waals surface area contributed by atoms with Gasteiger partial charge in [0.2, 0.25) is 17.6 Å². The lowest BCUT2D eigenvalue weighted by atomic mass is 10.1. The molecule has 0 unspecified atom stereocenters. The van der Waals surface area contributed by atoms with Gasteiger partial charge in [-0.25, -0.2) is 23.4 Å². The number of rotatable bonds is 8. The molecule has 2 aromatic carbocycles. The molecule has 0 saturated heterocycles. The summed E-state index contributed by atoms with van der Waals surface area (Å²) in [6.07, 6.45) is 2.68. The van der Waals surface area contributed by atoms with Crippen LogP contribution in [0.5, 0.6) is 11.6 Å². The number of aryl methyl sites for hydroxylation is 1. The minimum Gasteiger partial charge on any atom is -0.436 e. The molecule has 4 N–H and O–H groups in total. The van der Waals surface area contributed by atoms with Crippen molar-refractivity contribution in [3.63, 3.8) is 0 Å². The molecule has 222 valence electrons. The molecule has 44 heavy (non-hydrogen) atoms. The first-order valence-electron chi connectivity index (χ1n) is 12.8. The van der Waals surface area contributed by atoms with Crippen molar-refractivity contribution in [2.75, 3.05) is 10.5 Å². The molecule has 11 nitrogen and oxygen atoms in total. The van der Waals surface area contributed by atoms with Crippen LogP contribution in [-0.4, -0.2) is 38.9 Å². The number of benzene rings is 2. The number of ether oxygens (including phenoxy) is 1. The normalized spacial score (nSPS) is 11.5. The van der Waals surface area contributed by atoms with Crippen molar-refractivity contribution in [1.82, 2.24) is 24.7 Å². The number of nitrogens with zero attached hydrogens (tertiary/aromatic N) is 4. The second-order valence-corrected chi connectivity index (χ2v) is 11.2. The van der Waals surface area contributed by atoms with Crippen LogP contribution in [0.3, 0.4) is 0 Å². The van der Waals surface area contributed by atoms with Crippen LogP contribution < -0.4 is 15.2 Å². The summed E-state index contributed by atoms with van der Waals surface area (Å²) in [5, 5.41) is 3.86. The second-order valence-electron chi connectivity index (χ2n) is 9.53. The average Bonchev–Trinajstić information content (AvgIpc) is 3.57. The Morgan fingerprint density at radius 3 is 2.55 bits per heavy atom. The van der Waals surface area contributed by atoms with E-state index in [1.807, 2.05) is 4.72 Å². The highest BCUT2D eigenvalue weighted by Gasteiger charge is 2.23. The van der Waals surface area contributed by atoms with Gasteiger partial charge >= 0.3 is 0 Å². The van der Waals surface area contributed by atoms with E-state index in [1.54, 1.807) is 19.1 Å². The van der Waals surface area contributed by atoms with Gasteiger partial charge in [0.1, 0.15) is 11.6 Å². The average molecular weight is 620 g/mol. The van der Waals surface area contributed by atoms with Gasteiger partial charge < -0.3 is 15.5 Å². The quantitative estimate of drug-likeness (QED) is 0.153. The highest BCUT2D eigenvalue weighted by Crippen LogP contribution is 2.29. The van der Waals surface area contributed by atoms with E-state index in [0.29, 0.717) is 11.3 Å². The molecule has 0 spiro atoms. The van der Waals surface area contributed by atoms with Crippen molar-refractivity contribution in [3.05, 3.63) is 114 Å². The number of pyridine rings is 2. The van der Waals surface area contributed by atoms with Gasteiger partial charge in [-0.05, 0) is 55.0 Å². The third-order valence-electron chi connectivity index (χ3n) is 6.55. The SMILES string of the molecule is Cc1cc(Oc2ccccc2F)ncc1-n1ncc(C(=O)c2cc3cc(F)c(NS(=O)(=O)c4cccc(F)n4)cc3[nH]2)c1N. The van der Waals surface area contributed by atoms with E-state index >= 15 is 0 Å². The number of para-hydroxylation sites is 1. The van der Waals surface area contributed by atoms with Gasteiger partial charge in [-0.1, -0.05) is 18.2 Å². The van der Waals surface area contributed by atoms with Crippen LogP contribution >= 0.6 is 0 Å². The zero-order chi connectivity index (χ0) is 31.2. The topological polar surface area (TPSA) is 158 Å². The summed E-state index contributed by atoms with van der Waals surface area (Å²) in [5.74, 6) is -2.94. The summed E-state index contributed by atoms with van der Waals surface area (Å²) < 4.78 is 76.4. The number of fused-ring (bicyclic) bond motifs is 1. The number of carbonyl (C=O) groups is 1. The Labute approximate surface area is 247 Å². The number of nitrogen functional groups attached to an aromatic ring is 1. The molecular weight excluding hydrogens is 599 g/mol. The Bertz CT molecular complexity index is 2200. The summed E-state index contributed by atoms with van der Waals surface area (Å²) in [4.78, 5) is 23.7. The number of aromatic amines is 1. The molecule has 0 radical (unpaired) electrons. The van der Waals surface area contributed by atoms with Gasteiger partial charge in [0.25, 0.3) is 10.0 Å². The van der Waals surface area contributed by atoms with Crippen LogP contribution in [0.25, 0.3) is 16.6 Å². The van der Waals surface area contributed by atoms with Gasteiger partial charge in [-0.2, -0.15) is 17.9 Å². The van der Waals surface area contributed by atoms with Gasteiger partial charge in [0.15, 0.2) is 16.6 Å². The van der Waals surface area contributed by atoms with Gasteiger partial charge in [-0.15, -0.1) is 0 Å². The van der Waals surface area contributed by atoms with Crippen LogP contribution in [0.4, 0.5) is 24.7 Å². The molecule has 0 fully saturated rings. The lowest BCUT2D eigenvalue weighted by Crippen LogP contribution is -2.15. The predicted molar refractivity (Wildman–Crippen MR) is 154 cm³/mol. The van der Waals surface area contributed by atoms with Gasteiger partial charge in [0.05, 0.1) is 35.0 Å². The number of halogens is 3. The molecule has 0 saturated carbocycles. The molecule has 15 heteroatoms. The number of sulfonamides is 1. The van der Waals surface area contributed by atoms with E-state index in [4.69, 9.17) is 10.5 Å². The number of carbonyl (C=O) groups excluding carboxylic acids is 1. The lowest BCUT2D eigenvalue weighted by Gasteiger charge is -2.11. The molecule has 4 heterocycles. The zero-order valence-electron chi connectivity index (χ0n) is 22.5. The molecule has 0 aliphatic carbocycles. The predicted octanol–water partition coefficient (Wildman–Crippen LogP) is 5.28. The Hall–Kier alpha value is -5.70. The number of hydrogen-bond acceptors (Lipinski definition) is 8. The third kappa shape index (κ3) is 5.31. The molecule has 6 aromatic rings. The Morgan fingerprint density at radius 2 is 1.80 bits per heavy atom. The fourth-order valence-corrected chi connectivity index (χ4v) is 5.42. The second kappa shape index (κ2) is 10.9. The van der Waals surface area contributed by atoms with E-state index in [-0.39, 0.29) is 39.6 Å². The molecule has 0 aliphatic heterocycles. The third-order valence-corrected chi connectivity index (χ3v) is 7.82. The maximum atomic E-state index is 14.9. The number of nitrogens with two attached hydrogens (primary N) is 1. The number of aromatic nitrogens is 5. The minimum absolute atomic E-state index is 0.00460. The number of H-pyrrole nitrogens is 1. The Kier molecular flexibility index (Phi) is 7.01. The van der Waals surface area contributed by atoms with E-state index in [1.165, 1.54) is 41.3 Å². The molecule has 0 amide bonds. The number of hydrogen-bond donors (Lipinski definition) is 3. The fraction of sp³-hybridized carbons (Fsp3) is 0.0345. The molecule has 0 aliphatic rings. The van der Waals surface area contributed by atoms with E-state index in [2.05, 4.69) is 20.1 Å². The standard InChI is InChI=1S/C29H20F3N7O4S/c1-15-9-26(43-24-6-3-2-5-18(24)30)34-14-23(15)39-29(33)17(13-35-39)28(40)22-11-16-10-19(31)21(12-20(16)36-22)38-44(41,42)27-8-4-7-25(32)37-27/h2-14,36,38H,33H2,1H3. The van der Waals surface area contributed by atoms with E-state index in [9.17, 15) is 26.4 Å². The van der Waals surface area contributed by atoms with Crippen molar-refractivity contribution in [2.45, 2.75) is 11.9 Å². The number of nitrogens with one attached hydrogen (secondary N) is 2. The van der Waals surface area contributed by atoms with Crippen molar-refractivity contribution in [2.24, 2.45) is 0 Å². The van der Waals surface area contributed by atoms with E-state index in [0.717, 1.165) is 30.3 Å². The minimum atomic E-state index is -4.41. The van der Waals surface area contributed by atoms with Crippen molar-refractivity contribution < 1.29 is 31.1 Å². The van der Waals surface area contributed by atoms with Crippen LogP contribution in [-0.2, 0) is 10.0 Å². The number of anilines is 2. The highest BCUT2D eigenvalue weighted by molar-refractivity contribution is 7.92. The molecule has 0 atom stereocenters. The summed E-state index contributed by atoms with van der Waals surface area (Å²) in [7, 11) is -4.41. The first kappa shape index (κ1) is 28.4. The molecule has 0 bridgehead atoms. The zero-order valence-corrected chi connectivity index (χ0v) is 23.4. The van der Waals surface area contributed by atoms with Crippen LogP contribution in [0, 0.1) is 24.5 Å². The van der Waals surface area contributed by atoms with Crippen molar-refractivity contribution >= 4 is 38.2 Å². The lowest BCUT2D eigenvalue weighted by molar-refractivity contribution is 0.103. The first-order chi connectivity index (χ1) is 21.0. The van der Waals surface area contributed by atoms with Crippen LogP contribution in [0.2, 0.25) is 0 Å². The Morgan fingerprint density at radius 1 is 1.00 bits per heavy atom. The van der Waals surface area contributed by atoms with Crippen molar-refractivity contribution in [1.29, 1.82) is 0 Å². The first-order valence-corrected chi connectivity index (χ1v) is 14.2. The highest BCUT2D eigenvalue weighted by atomic mass is 32.2. The maximum absolute atomic E-state index is 14.9. The molecule has 4 aromatic heterocycles. The smallest absolute Gasteiger partial charge is 0.279 e. The van der Waals surface area contributed by atoms with Gasteiger partial charge in [-0.3, -0.25) is 9.52 Å². The summed E-state index contributed by atoms with van der Waals surface area (Å²) >= 11 is 0. The summed E-state index contributed by atoms with van der Waals surface area (Å²) in [6, 6.07) is 14.2. The Balaban J connectivity index is 1.26.